The van der Waals surface area contributed by atoms with Gasteiger partial charge >= 0.3 is 0 Å². The van der Waals surface area contributed by atoms with Crippen LogP contribution in [0, 0.1) is 18.6 Å². The Bertz CT molecular complexity index is 887. The van der Waals surface area contributed by atoms with Gasteiger partial charge in [-0.1, -0.05) is 18.2 Å². The van der Waals surface area contributed by atoms with E-state index in [4.69, 9.17) is 4.74 Å². The first-order valence-electron chi connectivity index (χ1n) is 7.26. The van der Waals surface area contributed by atoms with Crippen molar-refractivity contribution >= 4 is 15.9 Å². The summed E-state index contributed by atoms with van der Waals surface area (Å²) in [6.45, 7) is 3.05. The van der Waals surface area contributed by atoms with Gasteiger partial charge in [-0.2, -0.15) is 0 Å². The minimum absolute atomic E-state index is 0.0130. The number of carbonyl (C=O) groups is 1. The summed E-state index contributed by atoms with van der Waals surface area (Å²) in [7, 11) is -4.08. The lowest BCUT2D eigenvalue weighted by atomic mass is 10.1. The number of aryl methyl sites for hydroxylation is 1. The van der Waals surface area contributed by atoms with E-state index in [0.29, 0.717) is 0 Å². The van der Waals surface area contributed by atoms with Crippen LogP contribution in [-0.2, 0) is 10.0 Å². The predicted molar refractivity (Wildman–Crippen MR) is 86.5 cm³/mol. The van der Waals surface area contributed by atoms with Gasteiger partial charge in [0, 0.05) is 0 Å². The first kappa shape index (κ1) is 18.8. The molecule has 0 heterocycles. The van der Waals surface area contributed by atoms with Crippen molar-refractivity contribution in [3.05, 3.63) is 59.2 Å². The standard InChI is InChI=1S/C16H16F2N2O4S/c1-3-24-12-9-10(2)14(17)13(15(12)18)16(21)19-20-25(22,23)11-7-5-4-6-8-11/h4-9,20H,3H2,1-2H3,(H,19,21). The zero-order chi connectivity index (χ0) is 18.6. The Balaban J connectivity index is 2.27. The van der Waals surface area contributed by atoms with E-state index in [1.807, 2.05) is 0 Å². The summed E-state index contributed by atoms with van der Waals surface area (Å²) in [6, 6.07) is 8.32. The van der Waals surface area contributed by atoms with Gasteiger partial charge in [0.2, 0.25) is 0 Å². The van der Waals surface area contributed by atoms with Crippen LogP contribution in [0.3, 0.4) is 0 Å². The van der Waals surface area contributed by atoms with Crippen LogP contribution in [0.15, 0.2) is 41.3 Å². The molecule has 2 N–H and O–H groups in total. The zero-order valence-electron chi connectivity index (χ0n) is 13.5. The molecule has 0 saturated carbocycles. The molecule has 9 heteroatoms. The summed E-state index contributed by atoms with van der Waals surface area (Å²) >= 11 is 0. The fourth-order valence-electron chi connectivity index (χ4n) is 2.03. The Morgan fingerprint density at radius 1 is 1.16 bits per heavy atom. The number of sulfonamides is 1. The number of halogens is 2. The molecule has 2 rings (SSSR count). The van der Waals surface area contributed by atoms with Crippen LogP contribution >= 0.6 is 0 Å². The van der Waals surface area contributed by atoms with Gasteiger partial charge in [0.15, 0.2) is 11.6 Å². The molecular weight excluding hydrogens is 354 g/mol. The Kier molecular flexibility index (Phi) is 5.70. The van der Waals surface area contributed by atoms with Crippen molar-refractivity contribution in [3.8, 4) is 5.75 Å². The molecule has 1 amide bonds. The first-order chi connectivity index (χ1) is 11.8. The lowest BCUT2D eigenvalue weighted by molar-refractivity contribution is 0.0935. The Labute approximate surface area is 143 Å². The summed E-state index contributed by atoms with van der Waals surface area (Å²) in [4.78, 5) is 13.8. The predicted octanol–water partition coefficient (Wildman–Crippen LogP) is 2.30. The van der Waals surface area contributed by atoms with Crippen LogP contribution < -0.4 is 15.0 Å². The second-order valence-electron chi connectivity index (χ2n) is 5.00. The molecule has 6 nitrogen and oxygen atoms in total. The van der Waals surface area contributed by atoms with Crippen LogP contribution in [0.1, 0.15) is 22.8 Å². The molecule has 0 bridgehead atoms. The van der Waals surface area contributed by atoms with Crippen LogP contribution in [-0.4, -0.2) is 20.9 Å². The van der Waals surface area contributed by atoms with Gasteiger partial charge in [-0.15, -0.1) is 4.83 Å². The molecule has 134 valence electrons. The summed E-state index contributed by atoms with van der Waals surface area (Å²) in [5.74, 6) is -3.88. The number of hydrogen-bond acceptors (Lipinski definition) is 4. The van der Waals surface area contributed by atoms with Crippen molar-refractivity contribution < 1.29 is 26.7 Å². The van der Waals surface area contributed by atoms with E-state index >= 15 is 0 Å². The third-order valence-corrected chi connectivity index (χ3v) is 4.49. The van der Waals surface area contributed by atoms with Gasteiger partial charge in [-0.05, 0) is 37.6 Å². The summed E-state index contributed by atoms with van der Waals surface area (Å²) < 4.78 is 57.5. The second kappa shape index (κ2) is 7.58. The van der Waals surface area contributed by atoms with Crippen molar-refractivity contribution in [1.82, 2.24) is 10.3 Å². The summed E-state index contributed by atoms with van der Waals surface area (Å²) in [5.41, 5.74) is 0.859. The first-order valence-corrected chi connectivity index (χ1v) is 8.74. The van der Waals surface area contributed by atoms with Crippen LogP contribution in [0.5, 0.6) is 5.75 Å². The van der Waals surface area contributed by atoms with E-state index in [1.165, 1.54) is 31.2 Å². The molecule has 0 aliphatic rings. The average molecular weight is 370 g/mol. The number of nitrogens with one attached hydrogen (secondary N) is 2. The van der Waals surface area contributed by atoms with Gasteiger partial charge in [-0.25, -0.2) is 17.2 Å². The smallest absolute Gasteiger partial charge is 0.272 e. The SMILES string of the molecule is CCOc1cc(C)c(F)c(C(=O)NNS(=O)(=O)c2ccccc2)c1F. The zero-order valence-corrected chi connectivity index (χ0v) is 14.3. The van der Waals surface area contributed by atoms with Gasteiger partial charge in [0.25, 0.3) is 15.9 Å². The highest BCUT2D eigenvalue weighted by molar-refractivity contribution is 7.89. The van der Waals surface area contributed by atoms with Crippen LogP contribution in [0.4, 0.5) is 8.78 Å². The quantitative estimate of drug-likeness (QED) is 0.764. The molecule has 0 radical (unpaired) electrons. The van der Waals surface area contributed by atoms with Crippen molar-refractivity contribution in [3.63, 3.8) is 0 Å². The van der Waals surface area contributed by atoms with E-state index < -0.39 is 33.1 Å². The minimum atomic E-state index is -4.08. The lowest BCUT2D eigenvalue weighted by Crippen LogP contribution is -2.42. The van der Waals surface area contributed by atoms with E-state index in [-0.39, 0.29) is 22.8 Å². The number of hydrazine groups is 1. The van der Waals surface area contributed by atoms with Gasteiger partial charge < -0.3 is 4.74 Å². The molecule has 0 aromatic heterocycles. The minimum Gasteiger partial charge on any atom is -0.491 e. The molecule has 25 heavy (non-hydrogen) atoms. The number of amides is 1. The molecule has 2 aromatic carbocycles. The van der Waals surface area contributed by atoms with Gasteiger partial charge in [-0.3, -0.25) is 10.2 Å². The second-order valence-corrected chi connectivity index (χ2v) is 6.68. The van der Waals surface area contributed by atoms with E-state index in [9.17, 15) is 22.0 Å². The fraction of sp³-hybridized carbons (Fsp3) is 0.188. The van der Waals surface area contributed by atoms with Gasteiger partial charge in [0.1, 0.15) is 11.4 Å². The molecule has 0 spiro atoms. The van der Waals surface area contributed by atoms with Crippen molar-refractivity contribution in [2.75, 3.05) is 6.61 Å². The number of benzene rings is 2. The van der Waals surface area contributed by atoms with E-state index in [1.54, 1.807) is 23.2 Å². The normalized spacial score (nSPS) is 11.2. The van der Waals surface area contributed by atoms with Crippen LogP contribution in [0.2, 0.25) is 0 Å². The Morgan fingerprint density at radius 2 is 1.80 bits per heavy atom. The highest BCUT2D eigenvalue weighted by Gasteiger charge is 2.25. The topological polar surface area (TPSA) is 84.5 Å². The molecule has 2 aromatic rings. The van der Waals surface area contributed by atoms with Gasteiger partial charge in [0.05, 0.1) is 11.5 Å². The third kappa shape index (κ3) is 4.12. The maximum atomic E-state index is 14.3. The molecule has 0 atom stereocenters. The van der Waals surface area contributed by atoms with Crippen molar-refractivity contribution in [1.29, 1.82) is 0 Å². The highest BCUT2D eigenvalue weighted by atomic mass is 32.2. The van der Waals surface area contributed by atoms with Crippen molar-refractivity contribution in [2.45, 2.75) is 18.7 Å². The number of carbonyl (C=O) groups excluding carboxylic acids is 1. The molecule has 0 fully saturated rings. The lowest BCUT2D eigenvalue weighted by Gasteiger charge is -2.13. The number of ether oxygens (including phenoxy) is 1. The summed E-state index contributed by atoms with van der Waals surface area (Å²) in [5, 5.41) is 0. The average Bonchev–Trinajstić information content (AvgIpc) is 2.59. The number of hydrogen-bond donors (Lipinski definition) is 2. The highest BCUT2D eigenvalue weighted by Crippen LogP contribution is 2.26. The van der Waals surface area contributed by atoms with Crippen LogP contribution in [0.25, 0.3) is 0 Å². The molecule has 0 unspecified atom stereocenters. The Hall–Kier alpha value is -2.52. The monoisotopic (exact) mass is 370 g/mol. The third-order valence-electron chi connectivity index (χ3n) is 3.23. The van der Waals surface area contributed by atoms with Crippen molar-refractivity contribution in [2.24, 2.45) is 0 Å². The van der Waals surface area contributed by atoms with E-state index in [0.717, 1.165) is 6.07 Å². The molecule has 0 aliphatic heterocycles. The maximum Gasteiger partial charge on any atom is 0.272 e. The molecular formula is C16H16F2N2O4S. The fourth-order valence-corrected chi connectivity index (χ4v) is 2.89. The molecule has 0 aliphatic carbocycles. The Morgan fingerprint density at radius 3 is 2.40 bits per heavy atom. The molecule has 0 saturated heterocycles. The largest absolute Gasteiger partial charge is 0.491 e. The maximum absolute atomic E-state index is 14.3. The summed E-state index contributed by atoms with van der Waals surface area (Å²) in [6.07, 6.45) is 0. The van der Waals surface area contributed by atoms with E-state index in [2.05, 4.69) is 0 Å². The number of rotatable bonds is 6.